The van der Waals surface area contributed by atoms with Crippen molar-refractivity contribution >= 4 is 17.6 Å². The number of hydrogen-bond acceptors (Lipinski definition) is 5. The number of rotatable bonds is 5. The third kappa shape index (κ3) is 3.23. The third-order valence-electron chi connectivity index (χ3n) is 1.62. The van der Waals surface area contributed by atoms with E-state index in [1.165, 1.54) is 6.20 Å². The van der Waals surface area contributed by atoms with Crippen LogP contribution in [0.1, 0.15) is 12.1 Å². The number of nitrogens with one attached hydrogen (secondary N) is 1. The molecule has 0 fully saturated rings. The van der Waals surface area contributed by atoms with Crippen LogP contribution < -0.4 is 5.32 Å². The fraction of sp³-hybridized carbons (Fsp3) is 0.444. The van der Waals surface area contributed by atoms with E-state index >= 15 is 0 Å². The van der Waals surface area contributed by atoms with Gasteiger partial charge in [-0.05, 0) is 18.4 Å². The second kappa shape index (κ2) is 6.22. The zero-order valence-electron chi connectivity index (χ0n) is 8.03. The van der Waals surface area contributed by atoms with Gasteiger partial charge in [0, 0.05) is 18.9 Å². The van der Waals surface area contributed by atoms with Crippen molar-refractivity contribution in [3.05, 3.63) is 18.1 Å². The summed E-state index contributed by atoms with van der Waals surface area (Å²) in [7, 11) is 0. The Balaban J connectivity index is 2.46. The summed E-state index contributed by atoms with van der Waals surface area (Å²) < 4.78 is 0. The van der Waals surface area contributed by atoms with Crippen LogP contribution in [-0.4, -0.2) is 28.5 Å². The van der Waals surface area contributed by atoms with Crippen molar-refractivity contribution < 1.29 is 0 Å². The van der Waals surface area contributed by atoms with Crippen molar-refractivity contribution in [2.45, 2.75) is 6.42 Å². The van der Waals surface area contributed by atoms with Gasteiger partial charge in [-0.25, -0.2) is 9.97 Å². The minimum Gasteiger partial charge on any atom is -0.368 e. The first-order valence-corrected chi connectivity index (χ1v) is 5.71. The molecule has 1 aromatic rings. The van der Waals surface area contributed by atoms with Gasteiger partial charge in [0.2, 0.25) is 0 Å². The molecular formula is C9H12N4S. The molecule has 0 amide bonds. The fourth-order valence-electron chi connectivity index (χ4n) is 0.973. The molecule has 4 nitrogen and oxygen atoms in total. The molecule has 0 spiro atoms. The summed E-state index contributed by atoms with van der Waals surface area (Å²) >= 11 is 1.81. The highest BCUT2D eigenvalue weighted by atomic mass is 32.2. The number of nitriles is 1. The number of thioether (sulfide) groups is 1. The molecular weight excluding hydrogens is 196 g/mol. The maximum atomic E-state index is 8.72. The molecule has 5 heteroatoms. The molecule has 0 aliphatic carbocycles. The van der Waals surface area contributed by atoms with Crippen molar-refractivity contribution in [2.24, 2.45) is 0 Å². The van der Waals surface area contributed by atoms with Crippen LogP contribution in [0.3, 0.4) is 0 Å². The Morgan fingerprint density at radius 1 is 1.50 bits per heavy atom. The van der Waals surface area contributed by atoms with Gasteiger partial charge in [-0.2, -0.15) is 17.0 Å². The molecule has 0 atom stereocenters. The Bertz CT molecular complexity index is 321. The lowest BCUT2D eigenvalue weighted by Crippen LogP contribution is -2.06. The average molecular weight is 208 g/mol. The van der Waals surface area contributed by atoms with E-state index in [1.54, 1.807) is 18.0 Å². The van der Waals surface area contributed by atoms with Crippen molar-refractivity contribution in [1.29, 1.82) is 5.26 Å². The second-order valence-corrected chi connectivity index (χ2v) is 3.62. The lowest BCUT2D eigenvalue weighted by molar-refractivity contribution is 0.973. The highest BCUT2D eigenvalue weighted by Crippen LogP contribution is 2.06. The van der Waals surface area contributed by atoms with Crippen LogP contribution in [-0.2, 0) is 0 Å². The van der Waals surface area contributed by atoms with Gasteiger partial charge in [0.25, 0.3) is 0 Å². The molecule has 14 heavy (non-hydrogen) atoms. The summed E-state index contributed by atoms with van der Waals surface area (Å²) in [4.78, 5) is 7.95. The summed E-state index contributed by atoms with van der Waals surface area (Å²) in [6.07, 6.45) is 6.23. The summed E-state index contributed by atoms with van der Waals surface area (Å²) in [5, 5.41) is 11.8. The molecule has 1 heterocycles. The zero-order valence-corrected chi connectivity index (χ0v) is 8.84. The van der Waals surface area contributed by atoms with Crippen molar-refractivity contribution in [3.63, 3.8) is 0 Å². The Morgan fingerprint density at radius 2 is 2.29 bits per heavy atom. The first-order valence-electron chi connectivity index (χ1n) is 4.32. The molecule has 1 aromatic heterocycles. The van der Waals surface area contributed by atoms with Crippen molar-refractivity contribution in [1.82, 2.24) is 9.97 Å². The van der Waals surface area contributed by atoms with E-state index in [1.807, 2.05) is 6.07 Å². The monoisotopic (exact) mass is 208 g/mol. The summed E-state index contributed by atoms with van der Waals surface area (Å²) in [6, 6.07) is 2.00. The lowest BCUT2D eigenvalue weighted by atomic mass is 10.4. The van der Waals surface area contributed by atoms with Crippen LogP contribution in [0.2, 0.25) is 0 Å². The summed E-state index contributed by atoms with van der Waals surface area (Å²) in [5.74, 6) is 1.69. The highest BCUT2D eigenvalue weighted by Gasteiger charge is 2.01. The summed E-state index contributed by atoms with van der Waals surface area (Å²) in [6.45, 7) is 0.828. The Labute approximate surface area is 87.8 Å². The largest absolute Gasteiger partial charge is 0.368 e. The van der Waals surface area contributed by atoms with E-state index in [0.717, 1.165) is 18.7 Å². The predicted molar refractivity (Wildman–Crippen MR) is 58.2 cm³/mol. The topological polar surface area (TPSA) is 61.6 Å². The van der Waals surface area contributed by atoms with Crippen molar-refractivity contribution in [3.8, 4) is 6.07 Å². The average Bonchev–Trinajstić information content (AvgIpc) is 2.25. The van der Waals surface area contributed by atoms with E-state index in [2.05, 4.69) is 21.5 Å². The molecule has 1 rings (SSSR count). The molecule has 0 aliphatic rings. The number of aromatic nitrogens is 2. The maximum Gasteiger partial charge on any atom is 0.182 e. The van der Waals surface area contributed by atoms with E-state index < -0.39 is 0 Å². The van der Waals surface area contributed by atoms with Crippen molar-refractivity contribution in [2.75, 3.05) is 23.9 Å². The van der Waals surface area contributed by atoms with Gasteiger partial charge in [0.05, 0.1) is 0 Å². The van der Waals surface area contributed by atoms with Crippen LogP contribution in [0.4, 0.5) is 5.82 Å². The smallest absolute Gasteiger partial charge is 0.182 e. The molecule has 0 saturated heterocycles. The Morgan fingerprint density at radius 3 is 3.00 bits per heavy atom. The second-order valence-electron chi connectivity index (χ2n) is 2.64. The molecule has 0 saturated carbocycles. The minimum absolute atomic E-state index is 0.358. The normalized spacial score (nSPS) is 9.43. The standard InChI is InChI=1S/C9H12N4S/c1-14-6-2-3-12-9-8(7-10)11-4-5-13-9/h4-5H,2-3,6H2,1H3,(H,12,13). The minimum atomic E-state index is 0.358. The van der Waals surface area contributed by atoms with Crippen LogP contribution >= 0.6 is 11.8 Å². The first-order chi connectivity index (χ1) is 6.88. The number of anilines is 1. The maximum absolute atomic E-state index is 8.72. The number of hydrogen-bond donors (Lipinski definition) is 1. The fourth-order valence-corrected chi connectivity index (χ4v) is 1.41. The van der Waals surface area contributed by atoms with E-state index in [9.17, 15) is 0 Å². The first kappa shape index (κ1) is 10.8. The molecule has 0 unspecified atom stereocenters. The van der Waals surface area contributed by atoms with Gasteiger partial charge in [-0.1, -0.05) is 0 Å². The van der Waals surface area contributed by atoms with Gasteiger partial charge >= 0.3 is 0 Å². The Hall–Kier alpha value is -1.28. The lowest BCUT2D eigenvalue weighted by Gasteiger charge is -2.04. The van der Waals surface area contributed by atoms with Gasteiger partial charge in [0.1, 0.15) is 6.07 Å². The predicted octanol–water partition coefficient (Wildman–Crippen LogP) is 1.51. The van der Waals surface area contributed by atoms with Gasteiger partial charge in [-0.15, -0.1) is 0 Å². The van der Waals surface area contributed by atoms with Crippen LogP contribution in [0.25, 0.3) is 0 Å². The van der Waals surface area contributed by atoms with Gasteiger partial charge < -0.3 is 5.32 Å². The zero-order chi connectivity index (χ0) is 10.2. The third-order valence-corrected chi connectivity index (χ3v) is 2.32. The SMILES string of the molecule is CSCCCNc1nccnc1C#N. The molecule has 0 bridgehead atoms. The number of nitrogens with zero attached hydrogens (tertiary/aromatic N) is 3. The Kier molecular flexibility index (Phi) is 4.79. The molecule has 74 valence electrons. The van der Waals surface area contributed by atoms with Crippen LogP contribution in [0.5, 0.6) is 0 Å². The quantitative estimate of drug-likeness (QED) is 0.743. The van der Waals surface area contributed by atoms with Crippen LogP contribution in [0, 0.1) is 11.3 Å². The molecule has 0 radical (unpaired) electrons. The summed E-state index contributed by atoms with van der Waals surface area (Å²) in [5.41, 5.74) is 0.358. The van der Waals surface area contributed by atoms with Gasteiger partial charge in [-0.3, -0.25) is 0 Å². The highest BCUT2D eigenvalue weighted by molar-refractivity contribution is 7.98. The van der Waals surface area contributed by atoms with E-state index in [0.29, 0.717) is 11.5 Å². The van der Waals surface area contributed by atoms with E-state index in [4.69, 9.17) is 5.26 Å². The van der Waals surface area contributed by atoms with Gasteiger partial charge in [0.15, 0.2) is 11.5 Å². The van der Waals surface area contributed by atoms with Crippen LogP contribution in [0.15, 0.2) is 12.4 Å². The van der Waals surface area contributed by atoms with E-state index in [-0.39, 0.29) is 0 Å². The molecule has 0 aliphatic heterocycles. The molecule has 0 aromatic carbocycles. The molecule has 1 N–H and O–H groups in total.